The molecule has 0 fully saturated rings. The predicted octanol–water partition coefficient (Wildman–Crippen LogP) is 3.67. The summed E-state index contributed by atoms with van der Waals surface area (Å²) in [6, 6.07) is 9.90. The molecule has 0 saturated carbocycles. The molecule has 0 spiro atoms. The smallest absolute Gasteiger partial charge is 0.347 e. The highest BCUT2D eigenvalue weighted by atomic mass is 16.5. The summed E-state index contributed by atoms with van der Waals surface area (Å²) in [4.78, 5) is 26.4. The fourth-order valence-corrected chi connectivity index (χ4v) is 2.53. The minimum Gasteiger partial charge on any atom is -0.465 e. The van der Waals surface area contributed by atoms with E-state index in [1.165, 1.54) is 14.2 Å². The number of ether oxygens (including phenoxy) is 2. The lowest BCUT2D eigenvalue weighted by atomic mass is 9.81. The Kier molecular flexibility index (Phi) is 7.62. The summed E-state index contributed by atoms with van der Waals surface area (Å²) in [5, 5.41) is 0. The Morgan fingerprint density at radius 1 is 1.04 bits per heavy atom. The molecule has 5 heteroatoms. The van der Waals surface area contributed by atoms with Gasteiger partial charge in [0, 0.05) is 13.6 Å². The Labute approximate surface area is 156 Å². The molecular weight excluding hydrogens is 330 g/mol. The molecule has 5 nitrogen and oxygen atoms in total. The van der Waals surface area contributed by atoms with Crippen LogP contribution in [0.4, 0.5) is 0 Å². The minimum absolute atomic E-state index is 0.114. The summed E-state index contributed by atoms with van der Waals surface area (Å²) < 4.78 is 9.66. The summed E-state index contributed by atoms with van der Waals surface area (Å²) in [5.41, 5.74) is 2.17. The SMILES string of the molecule is CCN(C)C(/C=C(\c1ccccc1)C(C)(C)C)=C(C(=O)OC)C(=O)OC. The van der Waals surface area contributed by atoms with Gasteiger partial charge in [-0.25, -0.2) is 9.59 Å². The monoisotopic (exact) mass is 359 g/mol. The number of hydrogen-bond acceptors (Lipinski definition) is 5. The summed E-state index contributed by atoms with van der Waals surface area (Å²) >= 11 is 0. The van der Waals surface area contributed by atoms with E-state index in [1.54, 1.807) is 0 Å². The van der Waals surface area contributed by atoms with E-state index in [2.05, 4.69) is 20.8 Å². The molecule has 0 amide bonds. The van der Waals surface area contributed by atoms with Gasteiger partial charge in [0.05, 0.1) is 19.9 Å². The average molecular weight is 359 g/mol. The number of carbonyl (C=O) groups is 2. The number of benzene rings is 1. The second kappa shape index (κ2) is 9.22. The highest BCUT2D eigenvalue weighted by molar-refractivity contribution is 6.15. The molecule has 1 rings (SSSR count). The van der Waals surface area contributed by atoms with Crippen molar-refractivity contribution in [3.05, 3.63) is 53.2 Å². The van der Waals surface area contributed by atoms with Crippen LogP contribution < -0.4 is 0 Å². The number of likely N-dealkylation sites (N-methyl/N-ethyl adjacent to an activating group) is 1. The van der Waals surface area contributed by atoms with Crippen molar-refractivity contribution >= 4 is 17.5 Å². The third-order valence-corrected chi connectivity index (χ3v) is 4.09. The molecule has 142 valence electrons. The van der Waals surface area contributed by atoms with Gasteiger partial charge >= 0.3 is 11.9 Å². The molecule has 1 aromatic rings. The summed E-state index contributed by atoms with van der Waals surface area (Å²) in [7, 11) is 4.32. The highest BCUT2D eigenvalue weighted by Crippen LogP contribution is 2.35. The lowest BCUT2D eigenvalue weighted by molar-refractivity contribution is -0.144. The number of rotatable bonds is 6. The van der Waals surface area contributed by atoms with Crippen molar-refractivity contribution in [1.29, 1.82) is 0 Å². The lowest BCUT2D eigenvalue weighted by Crippen LogP contribution is -2.26. The first-order valence-corrected chi connectivity index (χ1v) is 8.57. The molecule has 0 unspecified atom stereocenters. The van der Waals surface area contributed by atoms with Crippen LogP contribution in [0.15, 0.2) is 47.7 Å². The molecule has 0 saturated heterocycles. The number of allylic oxidation sites excluding steroid dienone is 2. The molecule has 0 radical (unpaired) electrons. The second-order valence-electron chi connectivity index (χ2n) is 6.93. The standard InChI is InChI=1S/C21H29NO4/c1-8-22(5)17(18(19(23)25-6)20(24)26-7)14-16(21(2,3)4)15-12-10-9-11-13-15/h9-14H,8H2,1-7H3/b16-14+. The lowest BCUT2D eigenvalue weighted by Gasteiger charge is -2.27. The van der Waals surface area contributed by atoms with Gasteiger partial charge in [-0.05, 0) is 29.6 Å². The quantitative estimate of drug-likeness (QED) is 0.255. The fraction of sp³-hybridized carbons (Fsp3) is 0.429. The van der Waals surface area contributed by atoms with Crippen molar-refractivity contribution in [1.82, 2.24) is 4.90 Å². The van der Waals surface area contributed by atoms with Crippen molar-refractivity contribution in [3.8, 4) is 0 Å². The zero-order valence-corrected chi connectivity index (χ0v) is 16.8. The van der Waals surface area contributed by atoms with Crippen molar-refractivity contribution in [3.63, 3.8) is 0 Å². The van der Waals surface area contributed by atoms with Gasteiger partial charge in [0.2, 0.25) is 0 Å². The van der Waals surface area contributed by atoms with Gasteiger partial charge in [-0.2, -0.15) is 0 Å². The molecule has 0 aromatic heterocycles. The first-order valence-electron chi connectivity index (χ1n) is 8.57. The van der Waals surface area contributed by atoms with Gasteiger partial charge in [0.25, 0.3) is 0 Å². The molecular formula is C21H29NO4. The Bertz CT molecular complexity index is 678. The Hall–Kier alpha value is -2.56. The minimum atomic E-state index is -0.718. The predicted molar refractivity (Wildman–Crippen MR) is 103 cm³/mol. The van der Waals surface area contributed by atoms with E-state index in [1.807, 2.05) is 55.3 Å². The summed E-state index contributed by atoms with van der Waals surface area (Å²) in [6.45, 7) is 8.82. The molecule has 0 bridgehead atoms. The molecule has 0 atom stereocenters. The van der Waals surface area contributed by atoms with E-state index in [9.17, 15) is 9.59 Å². The highest BCUT2D eigenvalue weighted by Gasteiger charge is 2.28. The number of carbonyl (C=O) groups excluding carboxylic acids is 2. The zero-order chi connectivity index (χ0) is 19.9. The van der Waals surface area contributed by atoms with Crippen LogP contribution in [0, 0.1) is 5.41 Å². The van der Waals surface area contributed by atoms with Gasteiger partial charge in [-0.1, -0.05) is 51.1 Å². The maximum atomic E-state index is 12.3. The van der Waals surface area contributed by atoms with Crippen molar-refractivity contribution < 1.29 is 19.1 Å². The van der Waals surface area contributed by atoms with E-state index in [0.29, 0.717) is 12.2 Å². The Morgan fingerprint density at radius 3 is 1.92 bits per heavy atom. The van der Waals surface area contributed by atoms with Crippen LogP contribution in [-0.4, -0.2) is 44.7 Å². The molecule has 1 aromatic carbocycles. The van der Waals surface area contributed by atoms with Gasteiger partial charge in [0.15, 0.2) is 5.57 Å². The molecule has 0 aliphatic heterocycles. The van der Waals surface area contributed by atoms with Crippen LogP contribution in [0.1, 0.15) is 33.3 Å². The van der Waals surface area contributed by atoms with Crippen molar-refractivity contribution in [2.75, 3.05) is 27.8 Å². The molecule has 26 heavy (non-hydrogen) atoms. The largest absolute Gasteiger partial charge is 0.465 e. The van der Waals surface area contributed by atoms with Gasteiger partial charge < -0.3 is 14.4 Å². The van der Waals surface area contributed by atoms with Crippen LogP contribution in [0.25, 0.3) is 5.57 Å². The van der Waals surface area contributed by atoms with E-state index in [0.717, 1.165) is 11.1 Å². The summed E-state index contributed by atoms with van der Waals surface area (Å²) in [6.07, 6.45) is 1.88. The number of methoxy groups -OCH3 is 2. The van der Waals surface area contributed by atoms with Crippen LogP contribution in [-0.2, 0) is 19.1 Å². The molecule has 0 heterocycles. The van der Waals surface area contributed by atoms with Gasteiger partial charge in [0.1, 0.15) is 0 Å². The third-order valence-electron chi connectivity index (χ3n) is 4.09. The number of hydrogen-bond donors (Lipinski definition) is 0. The van der Waals surface area contributed by atoms with Gasteiger partial charge in [-0.3, -0.25) is 0 Å². The fourth-order valence-electron chi connectivity index (χ4n) is 2.53. The van der Waals surface area contributed by atoms with Crippen molar-refractivity contribution in [2.45, 2.75) is 27.7 Å². The maximum Gasteiger partial charge on any atom is 0.347 e. The Balaban J connectivity index is 3.79. The van der Waals surface area contributed by atoms with Crippen LogP contribution >= 0.6 is 0 Å². The topological polar surface area (TPSA) is 55.8 Å². The first kappa shape index (κ1) is 21.5. The maximum absolute atomic E-state index is 12.3. The molecule has 0 aliphatic carbocycles. The number of esters is 2. The van der Waals surface area contributed by atoms with Crippen molar-refractivity contribution in [2.24, 2.45) is 5.41 Å². The van der Waals surface area contributed by atoms with E-state index < -0.39 is 11.9 Å². The van der Waals surface area contributed by atoms with Gasteiger partial charge in [-0.15, -0.1) is 0 Å². The van der Waals surface area contributed by atoms with E-state index >= 15 is 0 Å². The van der Waals surface area contributed by atoms with Crippen LogP contribution in [0.3, 0.4) is 0 Å². The normalized spacial score (nSPS) is 11.6. The van der Waals surface area contributed by atoms with Crippen LogP contribution in [0.5, 0.6) is 0 Å². The summed E-state index contributed by atoms with van der Waals surface area (Å²) in [5.74, 6) is -1.44. The zero-order valence-electron chi connectivity index (χ0n) is 16.8. The average Bonchev–Trinajstić information content (AvgIpc) is 2.62. The van der Waals surface area contributed by atoms with Crippen LogP contribution in [0.2, 0.25) is 0 Å². The van der Waals surface area contributed by atoms with E-state index in [-0.39, 0.29) is 11.0 Å². The van der Waals surface area contributed by atoms with E-state index in [4.69, 9.17) is 9.47 Å². The molecule has 0 aliphatic rings. The Morgan fingerprint density at radius 2 is 1.54 bits per heavy atom. The second-order valence-corrected chi connectivity index (χ2v) is 6.93. The first-order chi connectivity index (χ1) is 12.2. The molecule has 0 N–H and O–H groups in total. The number of nitrogens with zero attached hydrogens (tertiary/aromatic N) is 1. The third kappa shape index (κ3) is 5.22.